The van der Waals surface area contributed by atoms with Crippen LogP contribution in [0.1, 0.15) is 26.3 Å². The van der Waals surface area contributed by atoms with Crippen LogP contribution >= 0.6 is 0 Å². The van der Waals surface area contributed by atoms with E-state index in [9.17, 15) is 14.0 Å². The van der Waals surface area contributed by atoms with Crippen molar-refractivity contribution in [3.8, 4) is 11.1 Å². The number of carbonyl (C=O) groups excluding carboxylic acids is 2. The van der Waals surface area contributed by atoms with Gasteiger partial charge in [0.2, 0.25) is 0 Å². The Bertz CT molecular complexity index is 1250. The van der Waals surface area contributed by atoms with Crippen LogP contribution < -0.4 is 16.0 Å². The van der Waals surface area contributed by atoms with Gasteiger partial charge in [-0.15, -0.1) is 0 Å². The number of hydrogen-bond donors (Lipinski definition) is 2. The van der Waals surface area contributed by atoms with Crippen LogP contribution in [0.15, 0.2) is 54.6 Å². The molecule has 162 valence electrons. The van der Waals surface area contributed by atoms with Gasteiger partial charge in [-0.2, -0.15) is 0 Å². The summed E-state index contributed by atoms with van der Waals surface area (Å²) >= 11 is 0. The number of benzene rings is 3. The lowest BCUT2D eigenvalue weighted by molar-refractivity contribution is 0.102. The first-order chi connectivity index (χ1) is 15.4. The summed E-state index contributed by atoms with van der Waals surface area (Å²) in [4.78, 5) is 30.0. The quantitative estimate of drug-likeness (QED) is 0.486. The molecule has 6 nitrogen and oxygen atoms in total. The molecule has 1 heterocycles. The van der Waals surface area contributed by atoms with Crippen molar-refractivity contribution in [2.45, 2.75) is 0 Å². The summed E-state index contributed by atoms with van der Waals surface area (Å²) in [7, 11) is 2.03. The number of nitrogens with one attached hydrogen (secondary N) is 1. The molecule has 3 aromatic rings. The second kappa shape index (κ2) is 7.76. The van der Waals surface area contributed by atoms with E-state index in [-0.39, 0.29) is 17.2 Å². The Morgan fingerprint density at radius 3 is 2.41 bits per heavy atom. The molecule has 0 aromatic heterocycles. The van der Waals surface area contributed by atoms with E-state index in [1.807, 2.05) is 24.1 Å². The maximum atomic E-state index is 14.9. The van der Waals surface area contributed by atoms with Crippen LogP contribution in [0, 0.1) is 5.82 Å². The lowest BCUT2D eigenvalue weighted by Crippen LogP contribution is -2.44. The Morgan fingerprint density at radius 2 is 1.66 bits per heavy atom. The Morgan fingerprint density at radius 1 is 0.969 bits per heavy atom. The Hall–Kier alpha value is -3.71. The second-order valence-electron chi connectivity index (χ2n) is 8.24. The number of likely N-dealkylation sites (N-methyl/N-ethyl adjacent to an activating group) is 1. The number of nitrogens with zero attached hydrogens (tertiary/aromatic N) is 2. The molecule has 0 radical (unpaired) electrons. The van der Waals surface area contributed by atoms with E-state index in [2.05, 4.69) is 10.2 Å². The average molecular weight is 430 g/mol. The number of hydrogen-bond acceptors (Lipinski definition) is 5. The van der Waals surface area contributed by atoms with Crippen molar-refractivity contribution in [2.24, 2.45) is 0 Å². The zero-order valence-corrected chi connectivity index (χ0v) is 17.7. The van der Waals surface area contributed by atoms with Crippen LogP contribution in [-0.4, -0.2) is 49.8 Å². The lowest BCUT2D eigenvalue weighted by Gasteiger charge is -2.34. The molecule has 1 amide bonds. The topological polar surface area (TPSA) is 78.7 Å². The third-order valence-corrected chi connectivity index (χ3v) is 6.21. The molecule has 3 aromatic carbocycles. The number of amides is 1. The summed E-state index contributed by atoms with van der Waals surface area (Å²) in [6.45, 7) is 3.11. The molecule has 0 unspecified atom stereocenters. The van der Waals surface area contributed by atoms with Crippen LogP contribution in [0.5, 0.6) is 0 Å². The van der Waals surface area contributed by atoms with Gasteiger partial charge in [0, 0.05) is 54.5 Å². The smallest absolute Gasteiger partial charge is 0.256 e. The SMILES string of the molecule is CN1CCN(c2cc(N)c(NC(=O)c3cccc4c3-c3ccccc3C4=O)cc2F)CC1. The fraction of sp³-hybridized carbons (Fsp3) is 0.200. The standard InChI is InChI=1S/C25H23FN4O2/c1-29-9-11-30(12-10-29)22-14-20(27)21(13-19(22)26)28-25(32)18-8-4-7-17-23(18)15-5-2-3-6-16(15)24(17)31/h2-8,13-14H,9-12,27H2,1H3,(H,28,32). The van der Waals surface area contributed by atoms with Crippen LogP contribution in [0.3, 0.4) is 0 Å². The monoisotopic (exact) mass is 430 g/mol. The van der Waals surface area contributed by atoms with Gasteiger partial charge in [0.05, 0.1) is 17.1 Å². The molecule has 1 aliphatic carbocycles. The number of piperazine rings is 1. The molecule has 1 saturated heterocycles. The van der Waals surface area contributed by atoms with Gasteiger partial charge in [-0.25, -0.2) is 4.39 Å². The zero-order valence-electron chi connectivity index (χ0n) is 17.7. The minimum atomic E-state index is -0.440. The van der Waals surface area contributed by atoms with E-state index in [1.165, 1.54) is 6.07 Å². The first-order valence-corrected chi connectivity index (χ1v) is 10.5. The number of halogens is 1. The fourth-order valence-electron chi connectivity index (χ4n) is 4.43. The van der Waals surface area contributed by atoms with Gasteiger partial charge in [-0.3, -0.25) is 9.59 Å². The third-order valence-electron chi connectivity index (χ3n) is 6.21. The summed E-state index contributed by atoms with van der Waals surface area (Å²) in [6, 6.07) is 15.1. The summed E-state index contributed by atoms with van der Waals surface area (Å²) in [5, 5.41) is 2.74. The van der Waals surface area contributed by atoms with Crippen molar-refractivity contribution in [2.75, 3.05) is 49.2 Å². The van der Waals surface area contributed by atoms with E-state index < -0.39 is 11.7 Å². The average Bonchev–Trinajstić information content (AvgIpc) is 3.09. The molecule has 3 N–H and O–H groups in total. The molecule has 1 fully saturated rings. The number of carbonyl (C=O) groups is 2. The molecule has 5 rings (SSSR count). The number of fused-ring (bicyclic) bond motifs is 3. The van der Waals surface area contributed by atoms with Crippen molar-refractivity contribution in [3.05, 3.63) is 77.1 Å². The summed E-state index contributed by atoms with van der Waals surface area (Å²) in [6.07, 6.45) is 0. The molecule has 32 heavy (non-hydrogen) atoms. The highest BCUT2D eigenvalue weighted by molar-refractivity contribution is 6.25. The molecule has 1 aliphatic heterocycles. The van der Waals surface area contributed by atoms with Crippen LogP contribution in [0.4, 0.5) is 21.5 Å². The van der Waals surface area contributed by atoms with E-state index >= 15 is 0 Å². The summed E-state index contributed by atoms with van der Waals surface area (Å²) in [5.74, 6) is -0.977. The van der Waals surface area contributed by atoms with Crippen molar-refractivity contribution >= 4 is 28.8 Å². The van der Waals surface area contributed by atoms with Gasteiger partial charge in [0.15, 0.2) is 5.78 Å². The molecule has 0 bridgehead atoms. The summed E-state index contributed by atoms with van der Waals surface area (Å²) < 4.78 is 14.9. The highest BCUT2D eigenvalue weighted by Crippen LogP contribution is 2.39. The molecule has 7 heteroatoms. The van der Waals surface area contributed by atoms with Gasteiger partial charge >= 0.3 is 0 Å². The molecular weight excluding hydrogens is 407 g/mol. The normalized spacial score (nSPS) is 15.4. The highest BCUT2D eigenvalue weighted by Gasteiger charge is 2.30. The van der Waals surface area contributed by atoms with E-state index in [0.717, 1.165) is 18.7 Å². The third kappa shape index (κ3) is 3.31. The number of nitrogens with two attached hydrogens (primary N) is 1. The predicted octanol–water partition coefficient (Wildman–Crippen LogP) is 3.62. The van der Waals surface area contributed by atoms with Crippen LogP contribution in [-0.2, 0) is 0 Å². The molecule has 0 saturated carbocycles. The Labute approximate surface area is 185 Å². The van der Waals surface area contributed by atoms with Crippen LogP contribution in [0.2, 0.25) is 0 Å². The first kappa shape index (κ1) is 20.2. The molecule has 2 aliphatic rings. The van der Waals surface area contributed by atoms with Crippen molar-refractivity contribution in [1.29, 1.82) is 0 Å². The maximum Gasteiger partial charge on any atom is 0.256 e. The van der Waals surface area contributed by atoms with Crippen molar-refractivity contribution in [1.82, 2.24) is 4.90 Å². The number of nitrogen functional groups attached to an aromatic ring is 1. The Balaban J connectivity index is 1.45. The van der Waals surface area contributed by atoms with Gasteiger partial charge in [0.25, 0.3) is 5.91 Å². The lowest BCUT2D eigenvalue weighted by atomic mass is 9.99. The second-order valence-corrected chi connectivity index (χ2v) is 8.24. The largest absolute Gasteiger partial charge is 0.397 e. The number of rotatable bonds is 3. The van der Waals surface area contributed by atoms with Gasteiger partial charge < -0.3 is 20.9 Å². The van der Waals surface area contributed by atoms with Crippen LogP contribution in [0.25, 0.3) is 11.1 Å². The minimum absolute atomic E-state index is 0.104. The Kier molecular flexibility index (Phi) is 4.90. The fourth-order valence-corrected chi connectivity index (χ4v) is 4.43. The van der Waals surface area contributed by atoms with Crippen molar-refractivity contribution < 1.29 is 14.0 Å². The van der Waals surface area contributed by atoms with Crippen molar-refractivity contribution in [3.63, 3.8) is 0 Å². The van der Waals surface area contributed by atoms with Gasteiger partial charge in [-0.05, 0) is 24.7 Å². The molecular formula is C25H23FN4O2. The molecule has 0 atom stereocenters. The van der Waals surface area contributed by atoms with E-state index in [4.69, 9.17) is 5.73 Å². The molecule has 0 spiro atoms. The van der Waals surface area contributed by atoms with Gasteiger partial charge in [0.1, 0.15) is 5.82 Å². The van der Waals surface area contributed by atoms with Gasteiger partial charge in [-0.1, -0.05) is 36.4 Å². The maximum absolute atomic E-state index is 14.9. The first-order valence-electron chi connectivity index (χ1n) is 10.5. The van der Waals surface area contributed by atoms with E-state index in [0.29, 0.717) is 41.0 Å². The minimum Gasteiger partial charge on any atom is -0.397 e. The number of anilines is 3. The highest BCUT2D eigenvalue weighted by atomic mass is 19.1. The summed E-state index contributed by atoms with van der Waals surface area (Å²) in [5.41, 5.74) is 9.86. The number of ketones is 1. The zero-order chi connectivity index (χ0) is 22.4. The van der Waals surface area contributed by atoms with E-state index in [1.54, 1.807) is 36.4 Å². The predicted molar refractivity (Wildman–Crippen MR) is 124 cm³/mol.